The first kappa shape index (κ1) is 10.9. The van der Waals surface area contributed by atoms with Crippen LogP contribution in [0.3, 0.4) is 0 Å². The standard InChI is InChI=1S/C12H21NO2/c1-3-11(15-2)12(14)13-10-6-4-5-8-7-9(8)10/h8-11H,3-7H2,1-2H3,(H,13,14)/t8-,9+,10-,11-/m0/s1. The second kappa shape index (κ2) is 4.52. The van der Waals surface area contributed by atoms with E-state index in [1.54, 1.807) is 7.11 Å². The molecule has 0 spiro atoms. The Hall–Kier alpha value is -0.570. The monoisotopic (exact) mass is 211 g/mol. The summed E-state index contributed by atoms with van der Waals surface area (Å²) in [5.41, 5.74) is 0. The van der Waals surface area contributed by atoms with E-state index in [9.17, 15) is 4.79 Å². The van der Waals surface area contributed by atoms with Gasteiger partial charge in [-0.25, -0.2) is 0 Å². The first-order chi connectivity index (χ1) is 7.26. The van der Waals surface area contributed by atoms with E-state index in [0.29, 0.717) is 6.04 Å². The molecular formula is C12H21NO2. The summed E-state index contributed by atoms with van der Waals surface area (Å²) in [7, 11) is 1.61. The van der Waals surface area contributed by atoms with Gasteiger partial charge in [0.05, 0.1) is 0 Å². The highest BCUT2D eigenvalue weighted by Crippen LogP contribution is 2.49. The fourth-order valence-corrected chi connectivity index (χ4v) is 2.82. The molecule has 0 aromatic heterocycles. The lowest BCUT2D eigenvalue weighted by atomic mass is 9.95. The highest BCUT2D eigenvalue weighted by atomic mass is 16.5. The molecule has 2 rings (SSSR count). The van der Waals surface area contributed by atoms with Crippen LogP contribution in [0.4, 0.5) is 0 Å². The molecule has 1 amide bonds. The average Bonchev–Trinajstić information content (AvgIpc) is 2.99. The normalized spacial score (nSPS) is 35.5. The van der Waals surface area contributed by atoms with Crippen molar-refractivity contribution in [3.05, 3.63) is 0 Å². The molecule has 2 saturated carbocycles. The summed E-state index contributed by atoms with van der Waals surface area (Å²) >= 11 is 0. The molecule has 2 fully saturated rings. The molecule has 3 heteroatoms. The third kappa shape index (κ3) is 2.33. The van der Waals surface area contributed by atoms with Crippen LogP contribution in [0, 0.1) is 11.8 Å². The number of amides is 1. The number of nitrogens with one attached hydrogen (secondary N) is 1. The van der Waals surface area contributed by atoms with Crippen LogP contribution in [0.15, 0.2) is 0 Å². The number of rotatable bonds is 4. The molecule has 0 aliphatic heterocycles. The first-order valence-corrected chi connectivity index (χ1v) is 6.09. The number of carbonyl (C=O) groups is 1. The van der Waals surface area contributed by atoms with Crippen molar-refractivity contribution >= 4 is 5.91 Å². The zero-order chi connectivity index (χ0) is 10.8. The molecule has 1 N–H and O–H groups in total. The van der Waals surface area contributed by atoms with Crippen LogP contribution in [0.2, 0.25) is 0 Å². The third-order valence-corrected chi connectivity index (χ3v) is 3.86. The van der Waals surface area contributed by atoms with Gasteiger partial charge in [0.2, 0.25) is 5.91 Å². The molecule has 0 aromatic carbocycles. The van der Waals surface area contributed by atoms with E-state index in [2.05, 4.69) is 5.32 Å². The Kier molecular flexibility index (Phi) is 3.29. The van der Waals surface area contributed by atoms with Gasteiger partial charge >= 0.3 is 0 Å². The predicted octanol–water partition coefficient (Wildman–Crippen LogP) is 1.72. The van der Waals surface area contributed by atoms with Crippen molar-refractivity contribution in [2.75, 3.05) is 7.11 Å². The molecule has 0 radical (unpaired) electrons. The summed E-state index contributed by atoms with van der Waals surface area (Å²) in [6.07, 6.45) is 5.63. The van der Waals surface area contributed by atoms with E-state index < -0.39 is 0 Å². The lowest BCUT2D eigenvalue weighted by Crippen LogP contribution is -2.44. The Bertz CT molecular complexity index is 238. The Morgan fingerprint density at radius 2 is 2.33 bits per heavy atom. The SMILES string of the molecule is CC[C@H](OC)C(=O)N[C@H]1CCC[C@H]2C[C@H]21. The average molecular weight is 211 g/mol. The van der Waals surface area contributed by atoms with Gasteiger partial charge in [0, 0.05) is 13.2 Å². The fourth-order valence-electron chi connectivity index (χ4n) is 2.82. The highest BCUT2D eigenvalue weighted by molar-refractivity contribution is 5.81. The minimum atomic E-state index is -0.260. The van der Waals surface area contributed by atoms with Crippen LogP contribution in [0.25, 0.3) is 0 Å². The summed E-state index contributed by atoms with van der Waals surface area (Å²) in [6.45, 7) is 1.98. The maximum Gasteiger partial charge on any atom is 0.249 e. The minimum Gasteiger partial charge on any atom is -0.372 e. The third-order valence-electron chi connectivity index (χ3n) is 3.86. The quantitative estimate of drug-likeness (QED) is 0.769. The molecule has 4 atom stereocenters. The number of hydrogen-bond donors (Lipinski definition) is 1. The van der Waals surface area contributed by atoms with E-state index in [4.69, 9.17) is 4.74 Å². The second-order valence-electron chi connectivity index (χ2n) is 4.84. The maximum absolute atomic E-state index is 11.8. The van der Waals surface area contributed by atoms with Crippen LogP contribution in [-0.2, 0) is 9.53 Å². The molecule has 86 valence electrons. The second-order valence-corrected chi connectivity index (χ2v) is 4.84. The lowest BCUT2D eigenvalue weighted by molar-refractivity contribution is -0.132. The Balaban J connectivity index is 1.82. The van der Waals surface area contributed by atoms with Gasteiger partial charge in [-0.1, -0.05) is 19.8 Å². The van der Waals surface area contributed by atoms with Crippen molar-refractivity contribution in [2.45, 2.75) is 51.2 Å². The smallest absolute Gasteiger partial charge is 0.249 e. The number of methoxy groups -OCH3 is 1. The molecule has 0 bridgehead atoms. The fraction of sp³-hybridized carbons (Fsp3) is 0.917. The molecular weight excluding hydrogens is 190 g/mol. The van der Waals surface area contributed by atoms with Gasteiger partial charge in [0.1, 0.15) is 6.10 Å². The van der Waals surface area contributed by atoms with E-state index in [1.165, 1.54) is 19.3 Å². The lowest BCUT2D eigenvalue weighted by Gasteiger charge is -2.24. The molecule has 15 heavy (non-hydrogen) atoms. The van der Waals surface area contributed by atoms with Gasteiger partial charge < -0.3 is 10.1 Å². The molecule has 2 aliphatic carbocycles. The number of ether oxygens (including phenoxy) is 1. The Morgan fingerprint density at radius 3 is 3.00 bits per heavy atom. The van der Waals surface area contributed by atoms with Gasteiger partial charge in [-0.05, 0) is 31.1 Å². The molecule has 0 unspecified atom stereocenters. The van der Waals surface area contributed by atoms with Gasteiger partial charge in [-0.15, -0.1) is 0 Å². The van der Waals surface area contributed by atoms with Crippen molar-refractivity contribution < 1.29 is 9.53 Å². The van der Waals surface area contributed by atoms with Crippen LogP contribution in [0.1, 0.15) is 39.0 Å². The van der Waals surface area contributed by atoms with E-state index in [1.807, 2.05) is 6.92 Å². The van der Waals surface area contributed by atoms with Gasteiger partial charge in [-0.3, -0.25) is 4.79 Å². The predicted molar refractivity (Wildman–Crippen MR) is 58.5 cm³/mol. The van der Waals surface area contributed by atoms with Crippen LogP contribution >= 0.6 is 0 Å². The highest BCUT2D eigenvalue weighted by Gasteiger charge is 2.45. The van der Waals surface area contributed by atoms with Crippen LogP contribution in [-0.4, -0.2) is 25.2 Å². The van der Waals surface area contributed by atoms with E-state index in [0.717, 1.165) is 24.7 Å². The molecule has 0 aromatic rings. The zero-order valence-electron chi connectivity index (χ0n) is 9.66. The van der Waals surface area contributed by atoms with Crippen molar-refractivity contribution in [1.82, 2.24) is 5.32 Å². The van der Waals surface area contributed by atoms with Crippen molar-refractivity contribution in [2.24, 2.45) is 11.8 Å². The van der Waals surface area contributed by atoms with Crippen LogP contribution < -0.4 is 5.32 Å². The molecule has 3 nitrogen and oxygen atoms in total. The summed E-state index contributed by atoms with van der Waals surface area (Å²) in [5.74, 6) is 1.77. The summed E-state index contributed by atoms with van der Waals surface area (Å²) in [5, 5.41) is 3.15. The maximum atomic E-state index is 11.8. The van der Waals surface area contributed by atoms with Crippen molar-refractivity contribution in [3.8, 4) is 0 Å². The topological polar surface area (TPSA) is 38.3 Å². The largest absolute Gasteiger partial charge is 0.372 e. The van der Waals surface area contributed by atoms with Crippen LogP contribution in [0.5, 0.6) is 0 Å². The minimum absolute atomic E-state index is 0.0811. The Labute approximate surface area is 91.6 Å². The van der Waals surface area contributed by atoms with Gasteiger partial charge in [-0.2, -0.15) is 0 Å². The number of hydrogen-bond acceptors (Lipinski definition) is 2. The van der Waals surface area contributed by atoms with Gasteiger partial charge in [0.25, 0.3) is 0 Å². The number of carbonyl (C=O) groups excluding carboxylic acids is 1. The molecule has 0 saturated heterocycles. The summed E-state index contributed by atoms with van der Waals surface area (Å²) < 4.78 is 5.14. The summed E-state index contributed by atoms with van der Waals surface area (Å²) in [6, 6.07) is 0.431. The van der Waals surface area contributed by atoms with E-state index in [-0.39, 0.29) is 12.0 Å². The van der Waals surface area contributed by atoms with Crippen molar-refractivity contribution in [1.29, 1.82) is 0 Å². The first-order valence-electron chi connectivity index (χ1n) is 6.09. The molecule has 0 heterocycles. The van der Waals surface area contributed by atoms with Crippen molar-refractivity contribution in [3.63, 3.8) is 0 Å². The zero-order valence-corrected chi connectivity index (χ0v) is 9.66. The summed E-state index contributed by atoms with van der Waals surface area (Å²) in [4.78, 5) is 11.8. The van der Waals surface area contributed by atoms with E-state index >= 15 is 0 Å². The Morgan fingerprint density at radius 1 is 1.53 bits per heavy atom. The number of fused-ring (bicyclic) bond motifs is 1. The molecule has 2 aliphatic rings. The van der Waals surface area contributed by atoms with Gasteiger partial charge in [0.15, 0.2) is 0 Å².